The van der Waals surface area contributed by atoms with E-state index in [1.807, 2.05) is 4.90 Å². The van der Waals surface area contributed by atoms with Gasteiger partial charge in [-0.1, -0.05) is 13.3 Å². The fourth-order valence-electron chi connectivity index (χ4n) is 1.50. The number of nitrogens with zero attached hydrogens (tertiary/aromatic N) is 3. The van der Waals surface area contributed by atoms with Gasteiger partial charge in [-0.3, -0.25) is 4.79 Å². The Kier molecular flexibility index (Phi) is 5.84. The third-order valence-corrected chi connectivity index (χ3v) is 2.94. The van der Waals surface area contributed by atoms with Crippen LogP contribution in [-0.4, -0.2) is 36.0 Å². The molecule has 0 radical (unpaired) electrons. The average molecular weight is 316 g/mol. The third-order valence-electron chi connectivity index (χ3n) is 2.38. The molecule has 7 heteroatoms. The summed E-state index contributed by atoms with van der Waals surface area (Å²) in [6.45, 7) is 2.98. The van der Waals surface area contributed by atoms with Crippen LogP contribution in [0.15, 0.2) is 10.7 Å². The van der Waals surface area contributed by atoms with Gasteiger partial charge in [-0.25, -0.2) is 4.98 Å². The van der Waals surface area contributed by atoms with Crippen molar-refractivity contribution in [1.29, 1.82) is 0 Å². The van der Waals surface area contributed by atoms with Gasteiger partial charge in [0.2, 0.25) is 11.9 Å². The average Bonchev–Trinajstić information content (AvgIpc) is 2.35. The van der Waals surface area contributed by atoms with E-state index in [-0.39, 0.29) is 12.5 Å². The number of primary amides is 1. The van der Waals surface area contributed by atoms with E-state index in [4.69, 9.17) is 5.73 Å². The first kappa shape index (κ1) is 14.7. The van der Waals surface area contributed by atoms with Crippen LogP contribution in [0.4, 0.5) is 11.8 Å². The van der Waals surface area contributed by atoms with Gasteiger partial charge in [0.15, 0.2) is 0 Å². The van der Waals surface area contributed by atoms with Gasteiger partial charge in [0.1, 0.15) is 5.82 Å². The summed E-state index contributed by atoms with van der Waals surface area (Å²) in [7, 11) is 1.75. The Morgan fingerprint density at radius 3 is 2.89 bits per heavy atom. The zero-order valence-corrected chi connectivity index (χ0v) is 12.2. The van der Waals surface area contributed by atoms with Gasteiger partial charge in [-0.2, -0.15) is 4.98 Å². The number of amides is 1. The molecule has 1 heterocycles. The van der Waals surface area contributed by atoms with Crippen molar-refractivity contribution in [3.05, 3.63) is 10.7 Å². The van der Waals surface area contributed by atoms with E-state index in [9.17, 15) is 4.79 Å². The summed E-state index contributed by atoms with van der Waals surface area (Å²) >= 11 is 3.40. The Labute approximate surface area is 115 Å². The molecule has 0 aromatic carbocycles. The standard InChI is InChI=1S/C11H18BrN5O/c1-3-4-5-17(7-9(13)18)10-8(12)6-15-11(14-2)16-10/h6H,3-5,7H2,1-2H3,(H2,13,18)(H,14,15,16). The van der Waals surface area contributed by atoms with Gasteiger partial charge in [0.25, 0.3) is 0 Å². The molecule has 6 nitrogen and oxygen atoms in total. The molecule has 0 unspecified atom stereocenters. The highest BCUT2D eigenvalue weighted by Gasteiger charge is 2.15. The molecule has 0 aliphatic heterocycles. The molecule has 0 aliphatic rings. The number of hydrogen-bond acceptors (Lipinski definition) is 5. The maximum absolute atomic E-state index is 11.1. The molecule has 18 heavy (non-hydrogen) atoms. The predicted octanol–water partition coefficient (Wildman–Crippen LogP) is 1.37. The molecule has 0 aliphatic carbocycles. The highest BCUT2D eigenvalue weighted by atomic mass is 79.9. The second kappa shape index (κ2) is 7.15. The van der Waals surface area contributed by atoms with Crippen molar-refractivity contribution < 1.29 is 4.79 Å². The van der Waals surface area contributed by atoms with Crippen LogP contribution in [0.2, 0.25) is 0 Å². The molecule has 0 saturated heterocycles. The summed E-state index contributed by atoms with van der Waals surface area (Å²) in [5, 5.41) is 2.87. The lowest BCUT2D eigenvalue weighted by atomic mass is 10.3. The fourth-order valence-corrected chi connectivity index (χ4v) is 1.94. The third kappa shape index (κ3) is 4.14. The van der Waals surface area contributed by atoms with Crippen LogP contribution >= 0.6 is 15.9 Å². The van der Waals surface area contributed by atoms with Gasteiger partial charge < -0.3 is 16.0 Å². The SMILES string of the molecule is CCCCN(CC(N)=O)c1nc(NC)ncc1Br. The van der Waals surface area contributed by atoms with E-state index in [1.54, 1.807) is 13.2 Å². The Morgan fingerprint density at radius 2 is 2.33 bits per heavy atom. The lowest BCUT2D eigenvalue weighted by Crippen LogP contribution is -2.35. The van der Waals surface area contributed by atoms with Crippen LogP contribution in [0.5, 0.6) is 0 Å². The molecular formula is C11H18BrN5O. The summed E-state index contributed by atoms with van der Waals surface area (Å²) < 4.78 is 0.749. The van der Waals surface area contributed by atoms with Crippen molar-refractivity contribution in [2.75, 3.05) is 30.4 Å². The molecule has 100 valence electrons. The van der Waals surface area contributed by atoms with Crippen LogP contribution in [0.3, 0.4) is 0 Å². The Balaban J connectivity index is 2.98. The molecule has 0 spiro atoms. The number of anilines is 2. The molecule has 0 atom stereocenters. The second-order valence-electron chi connectivity index (χ2n) is 3.86. The van der Waals surface area contributed by atoms with E-state index in [2.05, 4.69) is 38.1 Å². The number of nitrogens with one attached hydrogen (secondary N) is 1. The quantitative estimate of drug-likeness (QED) is 0.794. The topological polar surface area (TPSA) is 84.1 Å². The normalized spacial score (nSPS) is 10.2. The largest absolute Gasteiger partial charge is 0.368 e. The Hall–Kier alpha value is -1.37. The summed E-state index contributed by atoms with van der Waals surface area (Å²) in [5.74, 6) is 0.823. The number of carbonyl (C=O) groups is 1. The highest BCUT2D eigenvalue weighted by Crippen LogP contribution is 2.24. The van der Waals surface area contributed by atoms with E-state index in [1.165, 1.54) is 0 Å². The lowest BCUT2D eigenvalue weighted by molar-refractivity contribution is -0.116. The lowest BCUT2D eigenvalue weighted by Gasteiger charge is -2.23. The minimum Gasteiger partial charge on any atom is -0.368 e. The number of hydrogen-bond donors (Lipinski definition) is 2. The molecule has 3 N–H and O–H groups in total. The smallest absolute Gasteiger partial charge is 0.236 e. The minimum absolute atomic E-state index is 0.152. The highest BCUT2D eigenvalue weighted by molar-refractivity contribution is 9.10. The van der Waals surface area contributed by atoms with Crippen LogP contribution in [0.1, 0.15) is 19.8 Å². The van der Waals surface area contributed by atoms with Crippen molar-refractivity contribution in [3.63, 3.8) is 0 Å². The van der Waals surface area contributed by atoms with Crippen LogP contribution < -0.4 is 16.0 Å². The molecule has 0 bridgehead atoms. The monoisotopic (exact) mass is 315 g/mol. The molecule has 0 fully saturated rings. The molecule has 1 aromatic heterocycles. The van der Waals surface area contributed by atoms with E-state index < -0.39 is 0 Å². The molecule has 0 saturated carbocycles. The van der Waals surface area contributed by atoms with Crippen molar-refractivity contribution in [1.82, 2.24) is 9.97 Å². The summed E-state index contributed by atoms with van der Waals surface area (Å²) in [4.78, 5) is 21.4. The van der Waals surface area contributed by atoms with Gasteiger partial charge >= 0.3 is 0 Å². The summed E-state index contributed by atoms with van der Waals surface area (Å²) in [5.41, 5.74) is 5.27. The maximum Gasteiger partial charge on any atom is 0.236 e. The Morgan fingerprint density at radius 1 is 1.61 bits per heavy atom. The molecule has 1 rings (SSSR count). The van der Waals surface area contributed by atoms with Gasteiger partial charge in [0.05, 0.1) is 11.0 Å². The number of rotatable bonds is 7. The summed E-state index contributed by atoms with van der Waals surface area (Å²) in [6, 6.07) is 0. The number of nitrogens with two attached hydrogens (primary N) is 1. The van der Waals surface area contributed by atoms with Gasteiger partial charge in [-0.05, 0) is 22.4 Å². The van der Waals surface area contributed by atoms with Gasteiger partial charge in [0, 0.05) is 19.8 Å². The van der Waals surface area contributed by atoms with E-state index in [0.29, 0.717) is 11.8 Å². The first-order valence-electron chi connectivity index (χ1n) is 5.82. The number of halogens is 1. The summed E-state index contributed by atoms with van der Waals surface area (Å²) in [6.07, 6.45) is 3.67. The predicted molar refractivity (Wildman–Crippen MR) is 75.6 cm³/mol. The van der Waals surface area contributed by atoms with Gasteiger partial charge in [-0.15, -0.1) is 0 Å². The minimum atomic E-state index is -0.373. The maximum atomic E-state index is 11.1. The first-order chi connectivity index (χ1) is 8.58. The Bertz CT molecular complexity index is 412. The van der Waals surface area contributed by atoms with Crippen molar-refractivity contribution in [2.24, 2.45) is 5.73 Å². The van der Waals surface area contributed by atoms with E-state index >= 15 is 0 Å². The number of unbranched alkanes of at least 4 members (excludes halogenated alkanes) is 1. The van der Waals surface area contributed by atoms with Crippen LogP contribution in [0, 0.1) is 0 Å². The zero-order chi connectivity index (χ0) is 13.5. The molecular weight excluding hydrogens is 298 g/mol. The number of aromatic nitrogens is 2. The van der Waals surface area contributed by atoms with Crippen LogP contribution in [-0.2, 0) is 4.79 Å². The zero-order valence-electron chi connectivity index (χ0n) is 10.6. The fraction of sp³-hybridized carbons (Fsp3) is 0.545. The second-order valence-corrected chi connectivity index (χ2v) is 4.71. The van der Waals surface area contributed by atoms with Crippen molar-refractivity contribution in [3.8, 4) is 0 Å². The molecule has 1 amide bonds. The first-order valence-corrected chi connectivity index (χ1v) is 6.61. The van der Waals surface area contributed by atoms with Crippen molar-refractivity contribution in [2.45, 2.75) is 19.8 Å². The molecule has 1 aromatic rings. The van der Waals surface area contributed by atoms with Crippen molar-refractivity contribution >= 4 is 33.6 Å². The number of carbonyl (C=O) groups excluding carboxylic acids is 1. The van der Waals surface area contributed by atoms with Crippen LogP contribution in [0.25, 0.3) is 0 Å². The van der Waals surface area contributed by atoms with E-state index in [0.717, 1.165) is 23.9 Å².